The lowest BCUT2D eigenvalue weighted by atomic mass is 10.0. The van der Waals surface area contributed by atoms with E-state index >= 15 is 0 Å². The molecule has 182 valence electrons. The second-order valence-corrected chi connectivity index (χ2v) is 8.66. The van der Waals surface area contributed by atoms with Gasteiger partial charge in [0.15, 0.2) is 11.5 Å². The first-order chi connectivity index (χ1) is 16.8. The average molecular weight is 494 g/mol. The van der Waals surface area contributed by atoms with Gasteiger partial charge in [-0.1, -0.05) is 11.6 Å². The van der Waals surface area contributed by atoms with Gasteiger partial charge in [0, 0.05) is 24.3 Å². The minimum Gasteiger partial charge on any atom is -0.486 e. The number of Topliss-reactive ketones (excluding diaryl/α,β-unsaturated/α-hetero) is 1. The lowest BCUT2D eigenvalue weighted by Gasteiger charge is -2.22. The SMILES string of the molecule is CCN(CC)c1ccc(/N=C2\C=C(NC(=O)c3ccc4c(c3)OCCO4)C(=O)C(Cl)=C2C)c(C)c1. The molecule has 2 aromatic rings. The number of nitrogens with one attached hydrogen (secondary N) is 1. The summed E-state index contributed by atoms with van der Waals surface area (Å²) < 4.78 is 11.1. The third-order valence-electron chi connectivity index (χ3n) is 6.04. The molecule has 35 heavy (non-hydrogen) atoms. The van der Waals surface area contributed by atoms with Crippen molar-refractivity contribution in [2.24, 2.45) is 4.99 Å². The van der Waals surface area contributed by atoms with E-state index in [2.05, 4.69) is 30.1 Å². The molecule has 0 unspecified atom stereocenters. The maximum Gasteiger partial charge on any atom is 0.255 e. The predicted octanol–water partition coefficient (Wildman–Crippen LogP) is 5.09. The molecule has 1 heterocycles. The zero-order chi connectivity index (χ0) is 25.1. The fraction of sp³-hybridized carbons (Fsp3) is 0.296. The molecule has 0 radical (unpaired) electrons. The highest BCUT2D eigenvalue weighted by Gasteiger charge is 2.26. The van der Waals surface area contributed by atoms with Crippen LogP contribution in [0.5, 0.6) is 11.5 Å². The average Bonchev–Trinajstić information content (AvgIpc) is 2.87. The molecule has 1 N–H and O–H groups in total. The van der Waals surface area contributed by atoms with Crippen LogP contribution in [0.1, 0.15) is 36.7 Å². The number of ketones is 1. The number of aliphatic imine (C=N–C) groups is 1. The summed E-state index contributed by atoms with van der Waals surface area (Å²) in [6.07, 6.45) is 1.57. The first-order valence-corrected chi connectivity index (χ1v) is 12.0. The van der Waals surface area contributed by atoms with E-state index in [-0.39, 0.29) is 10.7 Å². The number of hydrogen-bond donors (Lipinski definition) is 1. The number of ether oxygens (including phenoxy) is 2. The lowest BCUT2D eigenvalue weighted by molar-refractivity contribution is -0.112. The molecule has 0 fully saturated rings. The summed E-state index contributed by atoms with van der Waals surface area (Å²) in [5.74, 6) is 0.166. The highest BCUT2D eigenvalue weighted by molar-refractivity contribution is 6.49. The highest BCUT2D eigenvalue weighted by atomic mass is 35.5. The van der Waals surface area contributed by atoms with Crippen LogP contribution in [0.4, 0.5) is 11.4 Å². The van der Waals surface area contributed by atoms with E-state index in [1.165, 1.54) is 0 Å². The number of allylic oxidation sites excluding steroid dienone is 3. The van der Waals surface area contributed by atoms with E-state index in [0.29, 0.717) is 41.6 Å². The molecule has 1 amide bonds. The molecule has 1 aliphatic carbocycles. The van der Waals surface area contributed by atoms with E-state index < -0.39 is 11.7 Å². The van der Waals surface area contributed by atoms with Crippen LogP contribution >= 0.6 is 11.6 Å². The van der Waals surface area contributed by atoms with Crippen LogP contribution in [0.2, 0.25) is 0 Å². The van der Waals surface area contributed by atoms with Gasteiger partial charge in [0.2, 0.25) is 5.78 Å². The summed E-state index contributed by atoms with van der Waals surface area (Å²) in [4.78, 5) is 32.7. The van der Waals surface area contributed by atoms with Crippen LogP contribution in [-0.2, 0) is 4.79 Å². The van der Waals surface area contributed by atoms with Gasteiger partial charge in [-0.25, -0.2) is 4.99 Å². The molecule has 0 aromatic heterocycles. The number of hydrogen-bond acceptors (Lipinski definition) is 6. The zero-order valence-electron chi connectivity index (χ0n) is 20.3. The van der Waals surface area contributed by atoms with Crippen LogP contribution in [0.25, 0.3) is 0 Å². The van der Waals surface area contributed by atoms with Crippen LogP contribution in [-0.4, -0.2) is 43.7 Å². The van der Waals surface area contributed by atoms with Crippen molar-refractivity contribution < 1.29 is 19.1 Å². The summed E-state index contributed by atoms with van der Waals surface area (Å²) in [7, 11) is 0. The van der Waals surface area contributed by atoms with Gasteiger partial charge in [-0.3, -0.25) is 9.59 Å². The molecular formula is C27H28ClN3O4. The van der Waals surface area contributed by atoms with Gasteiger partial charge in [-0.2, -0.15) is 0 Å². The standard InChI is InChI=1S/C27H28ClN3O4/c1-5-31(6-2)19-8-9-20(16(3)13-19)29-21-15-22(26(32)25(28)17(21)4)30-27(33)18-7-10-23-24(14-18)35-12-11-34-23/h7-10,13-15H,5-6,11-12H2,1-4H3,(H,30,33)/b29-21+. The van der Waals surface area contributed by atoms with E-state index in [9.17, 15) is 9.59 Å². The number of benzene rings is 2. The van der Waals surface area contributed by atoms with Crippen LogP contribution in [0, 0.1) is 6.92 Å². The Balaban J connectivity index is 1.62. The number of halogens is 1. The Bertz CT molecular complexity index is 1280. The third-order valence-corrected chi connectivity index (χ3v) is 6.50. The number of amides is 1. The first-order valence-electron chi connectivity index (χ1n) is 11.6. The number of carbonyl (C=O) groups excluding carboxylic acids is 2. The van der Waals surface area contributed by atoms with Gasteiger partial charge < -0.3 is 19.7 Å². The van der Waals surface area contributed by atoms with Gasteiger partial charge in [-0.05, 0) is 81.3 Å². The molecule has 2 aromatic carbocycles. The first kappa shape index (κ1) is 24.5. The second-order valence-electron chi connectivity index (χ2n) is 8.28. The summed E-state index contributed by atoms with van der Waals surface area (Å²) in [5, 5.41) is 2.71. The highest BCUT2D eigenvalue weighted by Crippen LogP contribution is 2.31. The largest absolute Gasteiger partial charge is 0.486 e. The summed E-state index contributed by atoms with van der Waals surface area (Å²) in [6.45, 7) is 10.7. The fourth-order valence-corrected chi connectivity index (χ4v) is 4.18. The van der Waals surface area contributed by atoms with E-state index in [0.717, 1.165) is 30.0 Å². The van der Waals surface area contributed by atoms with E-state index in [4.69, 9.17) is 26.1 Å². The lowest BCUT2D eigenvalue weighted by Crippen LogP contribution is -2.31. The molecule has 0 bridgehead atoms. The summed E-state index contributed by atoms with van der Waals surface area (Å²) in [6, 6.07) is 11.0. The number of rotatable bonds is 6. The van der Waals surface area contributed by atoms with Crippen molar-refractivity contribution in [2.45, 2.75) is 27.7 Å². The monoisotopic (exact) mass is 493 g/mol. The van der Waals surface area contributed by atoms with Crippen molar-refractivity contribution in [2.75, 3.05) is 31.2 Å². The van der Waals surface area contributed by atoms with Gasteiger partial charge in [0.25, 0.3) is 5.91 Å². The normalized spacial score (nSPS) is 16.3. The number of anilines is 1. The smallest absolute Gasteiger partial charge is 0.255 e. The topological polar surface area (TPSA) is 80.2 Å². The Morgan fingerprint density at radius 3 is 2.46 bits per heavy atom. The fourth-order valence-electron chi connectivity index (χ4n) is 3.98. The molecule has 1 aliphatic heterocycles. The van der Waals surface area contributed by atoms with Gasteiger partial charge in [0.1, 0.15) is 13.2 Å². The van der Waals surface area contributed by atoms with Crippen molar-refractivity contribution >= 4 is 40.4 Å². The Morgan fingerprint density at radius 2 is 1.77 bits per heavy atom. The van der Waals surface area contributed by atoms with Gasteiger partial charge >= 0.3 is 0 Å². The van der Waals surface area contributed by atoms with Crippen molar-refractivity contribution in [3.05, 3.63) is 69.9 Å². The Labute approximate surface area is 210 Å². The third kappa shape index (κ3) is 5.10. The van der Waals surface area contributed by atoms with Crippen molar-refractivity contribution in [3.8, 4) is 11.5 Å². The number of carbonyl (C=O) groups is 2. The Hall–Kier alpha value is -3.58. The van der Waals surface area contributed by atoms with Crippen molar-refractivity contribution in [3.63, 3.8) is 0 Å². The minimum absolute atomic E-state index is 0.0288. The minimum atomic E-state index is -0.456. The zero-order valence-corrected chi connectivity index (χ0v) is 21.0. The molecule has 7 nitrogen and oxygen atoms in total. The molecule has 0 atom stereocenters. The molecule has 4 rings (SSSR count). The molecule has 0 saturated carbocycles. The summed E-state index contributed by atoms with van der Waals surface area (Å²) >= 11 is 6.36. The number of aryl methyl sites for hydroxylation is 1. The number of fused-ring (bicyclic) bond motifs is 1. The molecule has 0 saturated heterocycles. The van der Waals surface area contributed by atoms with Crippen LogP contribution in [0.15, 0.2) is 63.8 Å². The molecule has 2 aliphatic rings. The van der Waals surface area contributed by atoms with Crippen LogP contribution < -0.4 is 19.7 Å². The molecular weight excluding hydrogens is 466 g/mol. The van der Waals surface area contributed by atoms with Crippen molar-refractivity contribution in [1.82, 2.24) is 5.32 Å². The maximum absolute atomic E-state index is 12.9. The number of nitrogens with zero attached hydrogens (tertiary/aromatic N) is 2. The Morgan fingerprint density at radius 1 is 1.06 bits per heavy atom. The van der Waals surface area contributed by atoms with Gasteiger partial charge in [0.05, 0.1) is 22.1 Å². The van der Waals surface area contributed by atoms with E-state index in [1.54, 1.807) is 31.2 Å². The van der Waals surface area contributed by atoms with Gasteiger partial charge in [-0.15, -0.1) is 0 Å². The predicted molar refractivity (Wildman–Crippen MR) is 138 cm³/mol. The van der Waals surface area contributed by atoms with Crippen LogP contribution in [0.3, 0.4) is 0 Å². The maximum atomic E-state index is 12.9. The molecule has 0 spiro atoms. The summed E-state index contributed by atoms with van der Waals surface area (Å²) in [5.41, 5.74) is 4.37. The molecule has 8 heteroatoms. The van der Waals surface area contributed by atoms with E-state index in [1.807, 2.05) is 19.1 Å². The second kappa shape index (κ2) is 10.4. The Kier molecular flexibility index (Phi) is 7.26. The quantitative estimate of drug-likeness (QED) is 0.567. The van der Waals surface area contributed by atoms with Crippen molar-refractivity contribution in [1.29, 1.82) is 0 Å².